The molecule has 1 heterocycles. The van der Waals surface area contributed by atoms with Gasteiger partial charge in [-0.2, -0.15) is 0 Å². The summed E-state index contributed by atoms with van der Waals surface area (Å²) >= 11 is 0. The highest BCUT2D eigenvalue weighted by Crippen LogP contribution is 2.21. The molecule has 5 nitrogen and oxygen atoms in total. The van der Waals surface area contributed by atoms with E-state index in [1.807, 2.05) is 0 Å². The first-order valence-electron chi connectivity index (χ1n) is 3.52. The van der Waals surface area contributed by atoms with E-state index in [-0.39, 0.29) is 0 Å². The summed E-state index contributed by atoms with van der Waals surface area (Å²) in [7, 11) is 0. The van der Waals surface area contributed by atoms with E-state index in [2.05, 4.69) is 4.74 Å². The predicted molar refractivity (Wildman–Crippen MR) is 34.9 cm³/mol. The zero-order valence-corrected chi connectivity index (χ0v) is 6.17. The first-order valence-corrected chi connectivity index (χ1v) is 3.52. The van der Waals surface area contributed by atoms with Gasteiger partial charge in [-0.1, -0.05) is 0 Å². The minimum Gasteiger partial charge on any atom is -0.394 e. The third kappa shape index (κ3) is 1.57. The second-order valence-corrected chi connectivity index (χ2v) is 2.67. The van der Waals surface area contributed by atoms with Crippen LogP contribution >= 0.6 is 0 Å². The van der Waals surface area contributed by atoms with Crippen LogP contribution in [0.15, 0.2) is 0 Å². The number of aliphatic hydroxyl groups excluding tert-OH is 4. The maximum absolute atomic E-state index is 12.9. The molecule has 0 aliphatic carbocycles. The Labute approximate surface area is 68.0 Å². The Morgan fingerprint density at radius 2 is 1.75 bits per heavy atom. The van der Waals surface area contributed by atoms with Crippen molar-refractivity contribution in [2.45, 2.75) is 30.8 Å². The highest BCUT2D eigenvalue weighted by molar-refractivity contribution is 4.88. The molecule has 0 aromatic carbocycles. The van der Waals surface area contributed by atoms with Gasteiger partial charge < -0.3 is 25.2 Å². The molecule has 72 valence electrons. The quantitative estimate of drug-likeness (QED) is 0.368. The maximum Gasteiger partial charge on any atom is 0.184 e. The van der Waals surface area contributed by atoms with E-state index in [4.69, 9.17) is 20.4 Å². The average Bonchev–Trinajstić information content (AvgIpc) is 2.08. The van der Waals surface area contributed by atoms with Gasteiger partial charge in [0.05, 0.1) is 6.61 Å². The third-order valence-corrected chi connectivity index (χ3v) is 1.82. The fraction of sp³-hybridized carbons (Fsp3) is 1.00. The molecule has 0 aromatic rings. The number of aliphatic hydroxyl groups is 4. The normalized spacial score (nSPS) is 49.2. The summed E-state index contributed by atoms with van der Waals surface area (Å²) in [6, 6.07) is 0. The van der Waals surface area contributed by atoms with Crippen LogP contribution in [0.25, 0.3) is 0 Å². The summed E-state index contributed by atoms with van der Waals surface area (Å²) in [5, 5.41) is 35.2. The van der Waals surface area contributed by atoms with Crippen molar-refractivity contribution in [2.24, 2.45) is 0 Å². The van der Waals surface area contributed by atoms with Gasteiger partial charge in [0.25, 0.3) is 0 Å². The molecule has 0 amide bonds. The molecule has 4 N–H and O–H groups in total. The Balaban J connectivity index is 2.63. The summed E-state index contributed by atoms with van der Waals surface area (Å²) in [5.41, 5.74) is 0. The summed E-state index contributed by atoms with van der Waals surface area (Å²) in [6.45, 7) is -0.651. The summed E-state index contributed by atoms with van der Waals surface area (Å²) < 4.78 is 17.3. The molecule has 1 fully saturated rings. The highest BCUT2D eigenvalue weighted by Gasteiger charge is 2.43. The fourth-order valence-electron chi connectivity index (χ4n) is 1.06. The molecular weight excluding hydrogens is 171 g/mol. The lowest BCUT2D eigenvalue weighted by Gasteiger charge is -2.36. The van der Waals surface area contributed by atoms with Crippen molar-refractivity contribution in [3.05, 3.63) is 0 Å². The number of hydrogen-bond acceptors (Lipinski definition) is 5. The van der Waals surface area contributed by atoms with Gasteiger partial charge >= 0.3 is 0 Å². The molecule has 1 rings (SSSR count). The van der Waals surface area contributed by atoms with E-state index in [1.54, 1.807) is 0 Å². The second-order valence-electron chi connectivity index (χ2n) is 2.67. The molecule has 12 heavy (non-hydrogen) atoms. The largest absolute Gasteiger partial charge is 0.394 e. The molecule has 0 bridgehead atoms. The van der Waals surface area contributed by atoms with Crippen LogP contribution in [-0.2, 0) is 4.74 Å². The first-order chi connectivity index (χ1) is 5.57. The van der Waals surface area contributed by atoms with E-state index >= 15 is 0 Å². The average molecular weight is 182 g/mol. The van der Waals surface area contributed by atoms with E-state index < -0.39 is 37.4 Å². The van der Waals surface area contributed by atoms with Gasteiger partial charge in [0.1, 0.15) is 18.3 Å². The van der Waals surface area contributed by atoms with E-state index in [1.165, 1.54) is 0 Å². The lowest BCUT2D eigenvalue weighted by Crippen LogP contribution is -2.56. The van der Waals surface area contributed by atoms with Gasteiger partial charge in [-0.25, -0.2) is 4.39 Å². The van der Waals surface area contributed by atoms with Crippen molar-refractivity contribution in [3.8, 4) is 0 Å². The predicted octanol–water partition coefficient (Wildman–Crippen LogP) is -2.24. The molecular formula is C6H11FO5. The van der Waals surface area contributed by atoms with Crippen molar-refractivity contribution in [2.75, 3.05) is 6.61 Å². The number of hydrogen-bond donors (Lipinski definition) is 4. The van der Waals surface area contributed by atoms with Crippen LogP contribution in [0, 0.1) is 0 Å². The Morgan fingerprint density at radius 3 is 2.25 bits per heavy atom. The first kappa shape index (κ1) is 9.82. The maximum atomic E-state index is 12.9. The van der Waals surface area contributed by atoms with Gasteiger partial charge in [-0.05, 0) is 0 Å². The molecule has 0 radical (unpaired) electrons. The van der Waals surface area contributed by atoms with Crippen molar-refractivity contribution in [3.63, 3.8) is 0 Å². The van der Waals surface area contributed by atoms with Crippen LogP contribution < -0.4 is 0 Å². The van der Waals surface area contributed by atoms with E-state index in [0.717, 1.165) is 0 Å². The van der Waals surface area contributed by atoms with Crippen LogP contribution in [0.2, 0.25) is 0 Å². The monoisotopic (exact) mass is 182 g/mol. The Morgan fingerprint density at radius 1 is 1.17 bits per heavy atom. The van der Waals surface area contributed by atoms with Crippen LogP contribution in [0.4, 0.5) is 4.39 Å². The summed E-state index contributed by atoms with van der Waals surface area (Å²) in [6.07, 6.45) is -8.19. The van der Waals surface area contributed by atoms with Crippen molar-refractivity contribution in [1.82, 2.24) is 0 Å². The molecule has 6 heteroatoms. The van der Waals surface area contributed by atoms with Gasteiger partial charge in [0, 0.05) is 0 Å². The molecule has 0 unspecified atom stereocenters. The smallest absolute Gasteiger partial charge is 0.184 e. The molecule has 1 aliphatic rings. The van der Waals surface area contributed by atoms with Crippen molar-refractivity contribution < 1.29 is 29.6 Å². The summed E-state index contributed by atoms with van der Waals surface area (Å²) in [5.74, 6) is 0. The van der Waals surface area contributed by atoms with Gasteiger partial charge in [-0.3, -0.25) is 0 Å². The number of ether oxygens (including phenoxy) is 1. The number of rotatable bonds is 1. The lowest BCUT2D eigenvalue weighted by atomic mass is 10.0. The van der Waals surface area contributed by atoms with Gasteiger partial charge in [0.15, 0.2) is 12.5 Å². The topological polar surface area (TPSA) is 90.2 Å². The molecule has 1 aliphatic heterocycles. The van der Waals surface area contributed by atoms with E-state index in [0.29, 0.717) is 0 Å². The van der Waals surface area contributed by atoms with E-state index in [9.17, 15) is 4.39 Å². The molecule has 0 aromatic heterocycles. The lowest BCUT2D eigenvalue weighted by molar-refractivity contribution is -0.274. The molecule has 1 saturated heterocycles. The van der Waals surface area contributed by atoms with Crippen LogP contribution in [0.3, 0.4) is 0 Å². The van der Waals surface area contributed by atoms with Crippen molar-refractivity contribution in [1.29, 1.82) is 0 Å². The van der Waals surface area contributed by atoms with Crippen LogP contribution in [0.5, 0.6) is 0 Å². The third-order valence-electron chi connectivity index (χ3n) is 1.82. The number of halogens is 1. The van der Waals surface area contributed by atoms with Crippen LogP contribution in [0.1, 0.15) is 0 Å². The Bertz CT molecular complexity index is 150. The Kier molecular flexibility index (Phi) is 2.97. The minimum absolute atomic E-state index is 0.651. The van der Waals surface area contributed by atoms with Crippen molar-refractivity contribution >= 4 is 0 Å². The van der Waals surface area contributed by atoms with Gasteiger partial charge in [0.2, 0.25) is 0 Å². The second kappa shape index (κ2) is 3.63. The highest BCUT2D eigenvalue weighted by atomic mass is 19.1. The van der Waals surface area contributed by atoms with Gasteiger partial charge in [-0.15, -0.1) is 0 Å². The zero-order chi connectivity index (χ0) is 9.30. The van der Waals surface area contributed by atoms with Crippen LogP contribution in [-0.4, -0.2) is 57.8 Å². The summed E-state index contributed by atoms with van der Waals surface area (Å²) in [4.78, 5) is 0. The fourth-order valence-corrected chi connectivity index (χ4v) is 1.06. The zero-order valence-electron chi connectivity index (χ0n) is 6.17. The standard InChI is InChI=1S/C6H11FO5/c7-3-2(1-8)12-6(11)5(10)4(3)9/h2-6,8-11H,1H2/t2-,3+,4+,5+,6-/m1/s1. The Hall–Kier alpha value is -0.270. The minimum atomic E-state index is -1.88. The molecule has 0 spiro atoms. The molecule has 5 atom stereocenters. The number of alkyl halides is 1. The SMILES string of the molecule is OC[C@H]1O[C@@H](O)[C@@H](O)[C@@H](O)[C@H]1F. The molecule has 0 saturated carbocycles.